The van der Waals surface area contributed by atoms with Crippen molar-refractivity contribution < 1.29 is 5.21 Å². The van der Waals surface area contributed by atoms with Crippen LogP contribution in [0.5, 0.6) is 0 Å². The molecule has 0 saturated carbocycles. The Balaban J connectivity index is 0.000000791. The van der Waals surface area contributed by atoms with Crippen LogP contribution in [0.3, 0.4) is 0 Å². The van der Waals surface area contributed by atoms with Crippen LogP contribution >= 0.6 is 0 Å². The van der Waals surface area contributed by atoms with Gasteiger partial charge < -0.3 is 16.7 Å². The van der Waals surface area contributed by atoms with Crippen LogP contribution in [0.25, 0.3) is 0 Å². The van der Waals surface area contributed by atoms with Crippen LogP contribution in [0.1, 0.15) is 25.0 Å². The summed E-state index contributed by atoms with van der Waals surface area (Å²) in [7, 11) is 0. The number of anilines is 2. The highest BCUT2D eigenvalue weighted by Crippen LogP contribution is 2.23. The monoisotopic (exact) mass is 197 g/mol. The first-order valence-corrected chi connectivity index (χ1v) is 4.62. The maximum atomic E-state index is 6.50. The summed E-state index contributed by atoms with van der Waals surface area (Å²) in [6.45, 7) is 4.20. The molecule has 0 aliphatic carbocycles. The van der Waals surface area contributed by atoms with Crippen molar-refractivity contribution in [2.24, 2.45) is 5.90 Å². The Morgan fingerprint density at radius 3 is 1.43 bits per heavy atom. The SMILES string of the molecule is CCc1c(N)ccc(N)c1CC.NO. The van der Waals surface area contributed by atoms with E-state index in [1.54, 1.807) is 0 Å². The van der Waals surface area contributed by atoms with Crippen molar-refractivity contribution in [3.05, 3.63) is 23.3 Å². The molecular weight excluding hydrogens is 178 g/mol. The van der Waals surface area contributed by atoms with E-state index in [9.17, 15) is 0 Å². The lowest BCUT2D eigenvalue weighted by atomic mass is 9.99. The third-order valence-corrected chi connectivity index (χ3v) is 2.21. The molecule has 80 valence electrons. The Hall–Kier alpha value is -1.26. The van der Waals surface area contributed by atoms with Crippen molar-refractivity contribution in [1.29, 1.82) is 0 Å². The van der Waals surface area contributed by atoms with Gasteiger partial charge in [-0.3, -0.25) is 0 Å². The molecule has 1 aromatic carbocycles. The molecule has 4 heteroatoms. The Kier molecular flexibility index (Phi) is 5.67. The van der Waals surface area contributed by atoms with Crippen LogP contribution in [0.2, 0.25) is 0 Å². The number of rotatable bonds is 2. The lowest BCUT2D eigenvalue weighted by molar-refractivity contribution is 0.311. The van der Waals surface area contributed by atoms with Gasteiger partial charge in [0.25, 0.3) is 0 Å². The maximum absolute atomic E-state index is 6.50. The molecule has 1 aromatic rings. The molecule has 0 aromatic heterocycles. The fourth-order valence-electron chi connectivity index (χ4n) is 1.56. The van der Waals surface area contributed by atoms with E-state index in [1.807, 2.05) is 12.1 Å². The highest BCUT2D eigenvalue weighted by atomic mass is 16.4. The predicted molar refractivity (Wildman–Crippen MR) is 60.0 cm³/mol. The first-order chi connectivity index (χ1) is 6.70. The third-order valence-electron chi connectivity index (χ3n) is 2.21. The second-order valence-electron chi connectivity index (χ2n) is 2.91. The summed E-state index contributed by atoms with van der Waals surface area (Å²) in [4.78, 5) is 0. The summed E-state index contributed by atoms with van der Waals surface area (Å²) in [6, 6.07) is 3.76. The van der Waals surface area contributed by atoms with Crippen molar-refractivity contribution in [2.45, 2.75) is 26.7 Å². The molecule has 0 amide bonds. The Bertz CT molecular complexity index is 258. The molecule has 0 aliphatic heterocycles. The molecule has 4 nitrogen and oxygen atoms in total. The second-order valence-corrected chi connectivity index (χ2v) is 2.91. The molecule has 0 spiro atoms. The minimum atomic E-state index is 0.864. The number of hydrogen-bond acceptors (Lipinski definition) is 4. The average Bonchev–Trinajstić information content (AvgIpc) is 2.24. The molecule has 7 N–H and O–H groups in total. The summed E-state index contributed by atoms with van der Waals surface area (Å²) < 4.78 is 0. The lowest BCUT2D eigenvalue weighted by Crippen LogP contribution is -2.02. The summed E-state index contributed by atoms with van der Waals surface area (Å²) in [5.41, 5.74) is 15.8. The fourth-order valence-corrected chi connectivity index (χ4v) is 1.56. The van der Waals surface area contributed by atoms with E-state index in [0.717, 1.165) is 24.2 Å². The second kappa shape index (κ2) is 6.23. The van der Waals surface area contributed by atoms with Crippen molar-refractivity contribution in [3.63, 3.8) is 0 Å². The van der Waals surface area contributed by atoms with E-state index in [4.69, 9.17) is 16.7 Å². The zero-order valence-corrected chi connectivity index (χ0v) is 8.75. The topological polar surface area (TPSA) is 98.3 Å². The summed E-state index contributed by atoms with van der Waals surface area (Å²) >= 11 is 0. The molecule has 0 fully saturated rings. The molecule has 0 unspecified atom stereocenters. The highest BCUT2D eigenvalue weighted by molar-refractivity contribution is 5.61. The van der Waals surface area contributed by atoms with Gasteiger partial charge in [0.15, 0.2) is 0 Å². The van der Waals surface area contributed by atoms with Gasteiger partial charge in [-0.1, -0.05) is 13.8 Å². The van der Waals surface area contributed by atoms with Crippen LogP contribution in [-0.2, 0) is 12.8 Å². The molecule has 0 heterocycles. The predicted octanol–water partition coefficient (Wildman–Crippen LogP) is 1.31. The fraction of sp³-hybridized carbons (Fsp3) is 0.400. The van der Waals surface area contributed by atoms with Gasteiger partial charge in [0.1, 0.15) is 0 Å². The van der Waals surface area contributed by atoms with E-state index < -0.39 is 0 Å². The number of benzene rings is 1. The molecule has 0 aliphatic rings. The number of nitrogen functional groups attached to an aromatic ring is 2. The minimum Gasteiger partial charge on any atom is -0.398 e. The largest absolute Gasteiger partial charge is 0.398 e. The Labute approximate surface area is 84.7 Å². The van der Waals surface area contributed by atoms with Crippen molar-refractivity contribution >= 4 is 11.4 Å². The van der Waals surface area contributed by atoms with E-state index in [-0.39, 0.29) is 0 Å². The quantitative estimate of drug-likeness (QED) is 0.424. The van der Waals surface area contributed by atoms with E-state index in [1.165, 1.54) is 11.1 Å². The van der Waals surface area contributed by atoms with Gasteiger partial charge in [-0.05, 0) is 36.1 Å². The molecule has 14 heavy (non-hydrogen) atoms. The smallest absolute Gasteiger partial charge is 0.0350 e. The van der Waals surface area contributed by atoms with Crippen LogP contribution in [0.4, 0.5) is 11.4 Å². The van der Waals surface area contributed by atoms with Crippen molar-refractivity contribution in [1.82, 2.24) is 0 Å². The zero-order chi connectivity index (χ0) is 11.1. The molecule has 0 radical (unpaired) electrons. The van der Waals surface area contributed by atoms with Gasteiger partial charge in [0.05, 0.1) is 0 Å². The van der Waals surface area contributed by atoms with E-state index in [2.05, 4.69) is 19.7 Å². The summed E-state index contributed by atoms with van der Waals surface area (Å²) in [5.74, 6) is 3.50. The Morgan fingerprint density at radius 1 is 0.929 bits per heavy atom. The van der Waals surface area contributed by atoms with Gasteiger partial charge in [0.2, 0.25) is 0 Å². The molecular formula is C10H19N3O. The van der Waals surface area contributed by atoms with Gasteiger partial charge in [0, 0.05) is 11.4 Å². The molecule has 0 atom stereocenters. The van der Waals surface area contributed by atoms with E-state index >= 15 is 0 Å². The van der Waals surface area contributed by atoms with Crippen LogP contribution in [0, 0.1) is 0 Å². The number of hydrogen-bond donors (Lipinski definition) is 4. The van der Waals surface area contributed by atoms with Crippen molar-refractivity contribution in [3.8, 4) is 0 Å². The molecule has 0 bridgehead atoms. The normalized spacial score (nSPS) is 9.14. The summed E-state index contributed by atoms with van der Waals surface area (Å²) in [5, 5.41) is 6.50. The van der Waals surface area contributed by atoms with Gasteiger partial charge in [-0.15, -0.1) is 0 Å². The Morgan fingerprint density at radius 2 is 1.21 bits per heavy atom. The van der Waals surface area contributed by atoms with Gasteiger partial charge in [-0.25, -0.2) is 5.90 Å². The average molecular weight is 197 g/mol. The zero-order valence-electron chi connectivity index (χ0n) is 8.75. The van der Waals surface area contributed by atoms with Gasteiger partial charge in [-0.2, -0.15) is 0 Å². The molecule has 1 rings (SSSR count). The first-order valence-electron chi connectivity index (χ1n) is 4.62. The lowest BCUT2D eigenvalue weighted by Gasteiger charge is -2.11. The van der Waals surface area contributed by atoms with Crippen LogP contribution < -0.4 is 17.4 Å². The van der Waals surface area contributed by atoms with Crippen molar-refractivity contribution in [2.75, 3.05) is 11.5 Å². The maximum Gasteiger partial charge on any atom is 0.0350 e. The standard InChI is InChI=1S/C10H16N2.H3NO/c1-3-7-8(4-2)10(12)6-5-9(7)11;1-2/h5-6H,3-4,11-12H2,1-2H3;2H,1H2. The van der Waals surface area contributed by atoms with Crippen LogP contribution in [0.15, 0.2) is 12.1 Å². The molecule has 0 saturated heterocycles. The van der Waals surface area contributed by atoms with E-state index in [0.29, 0.717) is 0 Å². The first kappa shape index (κ1) is 12.7. The summed E-state index contributed by atoms with van der Waals surface area (Å²) in [6.07, 6.45) is 1.92. The highest BCUT2D eigenvalue weighted by Gasteiger charge is 2.05. The minimum absolute atomic E-state index is 0.864. The third kappa shape index (κ3) is 2.61. The van der Waals surface area contributed by atoms with Crippen LogP contribution in [-0.4, -0.2) is 5.21 Å². The van der Waals surface area contributed by atoms with Gasteiger partial charge >= 0.3 is 0 Å². The number of nitrogens with two attached hydrogens (primary N) is 3.